The average Bonchev–Trinajstić information content (AvgIpc) is 2.94. The molecule has 104 valence electrons. The predicted molar refractivity (Wildman–Crippen MR) is 79.7 cm³/mol. The third-order valence-electron chi connectivity index (χ3n) is 3.22. The zero-order valence-corrected chi connectivity index (χ0v) is 11.0. The molecule has 21 heavy (non-hydrogen) atoms. The van der Waals surface area contributed by atoms with Gasteiger partial charge in [0.1, 0.15) is 0 Å². The number of carboxylic acid groups (broad SMARTS) is 1. The number of benzene rings is 2. The number of carbonyl (C=O) groups excluding carboxylic acids is 1. The van der Waals surface area contributed by atoms with E-state index >= 15 is 0 Å². The monoisotopic (exact) mass is 280 g/mol. The van der Waals surface area contributed by atoms with E-state index in [0.717, 1.165) is 10.9 Å². The summed E-state index contributed by atoms with van der Waals surface area (Å²) < 4.78 is 0. The van der Waals surface area contributed by atoms with Crippen LogP contribution in [-0.2, 0) is 0 Å². The van der Waals surface area contributed by atoms with Gasteiger partial charge in [0, 0.05) is 22.7 Å². The Bertz CT molecular complexity index is 836. The summed E-state index contributed by atoms with van der Waals surface area (Å²) >= 11 is 0. The minimum absolute atomic E-state index is 0.0635. The molecule has 0 saturated carbocycles. The van der Waals surface area contributed by atoms with Crippen LogP contribution in [0.5, 0.6) is 0 Å². The molecule has 0 spiro atoms. The fourth-order valence-electron chi connectivity index (χ4n) is 2.17. The third kappa shape index (κ3) is 2.49. The van der Waals surface area contributed by atoms with Gasteiger partial charge in [0.25, 0.3) is 5.91 Å². The van der Waals surface area contributed by atoms with Gasteiger partial charge in [-0.3, -0.25) is 4.79 Å². The summed E-state index contributed by atoms with van der Waals surface area (Å²) in [5.74, 6) is -1.42. The number of fused-ring (bicyclic) bond motifs is 1. The summed E-state index contributed by atoms with van der Waals surface area (Å²) in [5, 5.41) is 12.7. The molecule has 0 saturated heterocycles. The summed E-state index contributed by atoms with van der Waals surface area (Å²) in [4.78, 5) is 26.4. The van der Waals surface area contributed by atoms with Crippen molar-refractivity contribution in [2.24, 2.45) is 0 Å². The molecule has 0 aliphatic carbocycles. The van der Waals surface area contributed by atoms with E-state index in [1.807, 2.05) is 12.1 Å². The second-order valence-corrected chi connectivity index (χ2v) is 4.58. The number of aromatic carboxylic acids is 1. The normalized spacial score (nSPS) is 10.5. The molecule has 1 heterocycles. The maximum Gasteiger partial charge on any atom is 0.337 e. The number of amides is 1. The van der Waals surface area contributed by atoms with E-state index in [0.29, 0.717) is 5.56 Å². The fourth-order valence-corrected chi connectivity index (χ4v) is 2.17. The van der Waals surface area contributed by atoms with Crippen LogP contribution in [0.15, 0.2) is 54.7 Å². The lowest BCUT2D eigenvalue weighted by Crippen LogP contribution is -2.14. The quantitative estimate of drug-likeness (QED) is 0.689. The van der Waals surface area contributed by atoms with E-state index in [1.165, 1.54) is 6.07 Å². The number of para-hydroxylation sites is 1. The van der Waals surface area contributed by atoms with Gasteiger partial charge in [0.05, 0.1) is 11.3 Å². The van der Waals surface area contributed by atoms with E-state index < -0.39 is 5.97 Å². The van der Waals surface area contributed by atoms with Gasteiger partial charge in [0.2, 0.25) is 0 Å². The third-order valence-corrected chi connectivity index (χ3v) is 3.22. The highest BCUT2D eigenvalue weighted by molar-refractivity contribution is 6.09. The molecule has 2 aromatic carbocycles. The Kier molecular flexibility index (Phi) is 3.16. The van der Waals surface area contributed by atoms with Crippen LogP contribution in [0.3, 0.4) is 0 Å². The first kappa shape index (κ1) is 12.9. The lowest BCUT2D eigenvalue weighted by molar-refractivity contribution is 0.0698. The summed E-state index contributed by atoms with van der Waals surface area (Å²) in [5.41, 5.74) is 1.76. The van der Waals surface area contributed by atoms with Gasteiger partial charge in [-0.25, -0.2) is 4.79 Å². The SMILES string of the molecule is O=C(Nc1ccccc1C(=O)O)c1ccc2[nH]ccc2c1. The first-order valence-electron chi connectivity index (χ1n) is 6.36. The molecule has 3 rings (SSSR count). The van der Waals surface area contributed by atoms with Gasteiger partial charge in [-0.15, -0.1) is 0 Å². The fraction of sp³-hybridized carbons (Fsp3) is 0. The Morgan fingerprint density at radius 3 is 2.67 bits per heavy atom. The standard InChI is InChI=1S/C16H12N2O3/c19-15(11-5-6-13-10(9-11)7-8-17-13)18-14-4-2-1-3-12(14)16(20)21/h1-9,17H,(H,18,19)(H,20,21). The highest BCUT2D eigenvalue weighted by atomic mass is 16.4. The molecule has 1 amide bonds. The van der Waals surface area contributed by atoms with E-state index in [2.05, 4.69) is 10.3 Å². The van der Waals surface area contributed by atoms with Crippen molar-refractivity contribution >= 4 is 28.5 Å². The topological polar surface area (TPSA) is 82.2 Å². The summed E-state index contributed by atoms with van der Waals surface area (Å²) in [7, 11) is 0. The van der Waals surface area contributed by atoms with Crippen LogP contribution in [0, 0.1) is 0 Å². The highest BCUT2D eigenvalue weighted by Gasteiger charge is 2.13. The average molecular weight is 280 g/mol. The Balaban J connectivity index is 1.91. The van der Waals surface area contributed by atoms with Crippen LogP contribution in [-0.4, -0.2) is 22.0 Å². The Labute approximate surface area is 120 Å². The highest BCUT2D eigenvalue weighted by Crippen LogP contribution is 2.18. The van der Waals surface area contributed by atoms with Gasteiger partial charge in [0.15, 0.2) is 0 Å². The van der Waals surface area contributed by atoms with E-state index in [4.69, 9.17) is 5.11 Å². The number of aromatic nitrogens is 1. The number of carboxylic acids is 1. The second kappa shape index (κ2) is 5.13. The number of hydrogen-bond acceptors (Lipinski definition) is 2. The number of aromatic amines is 1. The first-order chi connectivity index (χ1) is 10.1. The molecule has 3 aromatic rings. The zero-order chi connectivity index (χ0) is 14.8. The smallest absolute Gasteiger partial charge is 0.337 e. The molecule has 0 aliphatic rings. The molecule has 5 heteroatoms. The largest absolute Gasteiger partial charge is 0.478 e. The van der Waals surface area contributed by atoms with Crippen LogP contribution in [0.1, 0.15) is 20.7 Å². The number of hydrogen-bond donors (Lipinski definition) is 3. The van der Waals surface area contributed by atoms with Gasteiger partial charge in [-0.2, -0.15) is 0 Å². The van der Waals surface area contributed by atoms with E-state index in [-0.39, 0.29) is 17.2 Å². The maximum absolute atomic E-state index is 12.2. The van der Waals surface area contributed by atoms with Crippen molar-refractivity contribution in [2.45, 2.75) is 0 Å². The van der Waals surface area contributed by atoms with Crippen LogP contribution in [0.2, 0.25) is 0 Å². The van der Waals surface area contributed by atoms with Gasteiger partial charge in [-0.05, 0) is 36.4 Å². The molecule has 0 atom stereocenters. The Hall–Kier alpha value is -3.08. The van der Waals surface area contributed by atoms with Crippen molar-refractivity contribution < 1.29 is 14.7 Å². The van der Waals surface area contributed by atoms with Crippen molar-refractivity contribution in [3.63, 3.8) is 0 Å². The number of carbonyl (C=O) groups is 2. The van der Waals surface area contributed by atoms with Crippen LogP contribution in [0.25, 0.3) is 10.9 Å². The number of anilines is 1. The zero-order valence-electron chi connectivity index (χ0n) is 11.0. The lowest BCUT2D eigenvalue weighted by atomic mass is 10.1. The molecule has 0 bridgehead atoms. The molecule has 0 radical (unpaired) electrons. The minimum atomic E-state index is -1.08. The molecule has 0 aliphatic heterocycles. The number of nitrogens with one attached hydrogen (secondary N) is 2. The summed E-state index contributed by atoms with van der Waals surface area (Å²) in [6.07, 6.45) is 1.80. The van der Waals surface area contributed by atoms with Crippen molar-refractivity contribution in [1.82, 2.24) is 4.98 Å². The molecule has 5 nitrogen and oxygen atoms in total. The van der Waals surface area contributed by atoms with Crippen molar-refractivity contribution in [1.29, 1.82) is 0 Å². The summed E-state index contributed by atoms with van der Waals surface area (Å²) in [6, 6.07) is 13.4. The molecule has 0 unspecified atom stereocenters. The van der Waals surface area contributed by atoms with Crippen molar-refractivity contribution in [2.75, 3.05) is 5.32 Å². The molecular weight excluding hydrogens is 268 g/mol. The predicted octanol–water partition coefficient (Wildman–Crippen LogP) is 3.12. The molecule has 3 N–H and O–H groups in total. The maximum atomic E-state index is 12.2. The number of rotatable bonds is 3. The van der Waals surface area contributed by atoms with E-state index in [1.54, 1.807) is 36.5 Å². The molecule has 0 fully saturated rings. The van der Waals surface area contributed by atoms with Gasteiger partial charge in [-0.1, -0.05) is 12.1 Å². The van der Waals surface area contributed by atoms with Crippen LogP contribution >= 0.6 is 0 Å². The van der Waals surface area contributed by atoms with Crippen LogP contribution < -0.4 is 5.32 Å². The Morgan fingerprint density at radius 2 is 1.86 bits per heavy atom. The first-order valence-corrected chi connectivity index (χ1v) is 6.36. The molecular formula is C16H12N2O3. The van der Waals surface area contributed by atoms with E-state index in [9.17, 15) is 9.59 Å². The lowest BCUT2D eigenvalue weighted by Gasteiger charge is -2.08. The van der Waals surface area contributed by atoms with Gasteiger partial charge >= 0.3 is 5.97 Å². The second-order valence-electron chi connectivity index (χ2n) is 4.58. The molecule has 1 aromatic heterocycles. The van der Waals surface area contributed by atoms with Gasteiger partial charge < -0.3 is 15.4 Å². The van der Waals surface area contributed by atoms with Crippen LogP contribution in [0.4, 0.5) is 5.69 Å². The minimum Gasteiger partial charge on any atom is -0.478 e. The number of H-pyrrole nitrogens is 1. The van der Waals surface area contributed by atoms with Crippen molar-refractivity contribution in [3.8, 4) is 0 Å². The van der Waals surface area contributed by atoms with Crippen molar-refractivity contribution in [3.05, 3.63) is 65.9 Å². The Morgan fingerprint density at radius 1 is 1.05 bits per heavy atom. The summed E-state index contributed by atoms with van der Waals surface area (Å²) in [6.45, 7) is 0.